The number of hydrogen-bond donors (Lipinski definition) is 2. The maximum absolute atomic E-state index is 12.2. The summed E-state index contributed by atoms with van der Waals surface area (Å²) in [4.78, 5) is 14.5. The molecule has 0 aliphatic carbocycles. The van der Waals surface area contributed by atoms with E-state index in [0.717, 1.165) is 25.2 Å². The summed E-state index contributed by atoms with van der Waals surface area (Å²) in [5, 5.41) is 6.81. The number of benzene rings is 1. The molecule has 5 heteroatoms. The van der Waals surface area contributed by atoms with Crippen molar-refractivity contribution >= 4 is 23.2 Å². The molecule has 1 heterocycles. The summed E-state index contributed by atoms with van der Waals surface area (Å²) >= 11 is 5.84. The molecule has 1 aliphatic heterocycles. The van der Waals surface area contributed by atoms with Crippen molar-refractivity contribution in [2.24, 2.45) is 0 Å². The molecule has 21 heavy (non-hydrogen) atoms. The first-order chi connectivity index (χ1) is 10.2. The van der Waals surface area contributed by atoms with Crippen molar-refractivity contribution < 1.29 is 4.79 Å². The zero-order valence-corrected chi connectivity index (χ0v) is 13.3. The van der Waals surface area contributed by atoms with Crippen molar-refractivity contribution in [2.75, 3.05) is 32.0 Å². The number of rotatable bonds is 6. The number of likely N-dealkylation sites (tertiary alicyclic amines) is 1. The fraction of sp³-hybridized carbons (Fsp3) is 0.562. The Labute approximate surface area is 131 Å². The molecule has 0 saturated carbocycles. The molecule has 1 fully saturated rings. The fourth-order valence-corrected chi connectivity index (χ4v) is 2.95. The lowest BCUT2D eigenvalue weighted by atomic mass is 9.99. The van der Waals surface area contributed by atoms with Crippen LogP contribution in [0.1, 0.15) is 25.7 Å². The van der Waals surface area contributed by atoms with Gasteiger partial charge in [0.2, 0.25) is 5.91 Å². The zero-order chi connectivity index (χ0) is 15.1. The van der Waals surface area contributed by atoms with E-state index in [-0.39, 0.29) is 5.91 Å². The van der Waals surface area contributed by atoms with Crippen LogP contribution in [0.5, 0.6) is 0 Å². The van der Waals surface area contributed by atoms with Crippen molar-refractivity contribution in [3.05, 3.63) is 29.3 Å². The van der Waals surface area contributed by atoms with E-state index >= 15 is 0 Å². The highest BCUT2D eigenvalue weighted by molar-refractivity contribution is 6.30. The Kier molecular flexibility index (Phi) is 6.49. The van der Waals surface area contributed by atoms with E-state index in [1.807, 2.05) is 19.2 Å². The maximum Gasteiger partial charge on any atom is 0.238 e. The molecular formula is C16H24ClN3O. The molecule has 2 N–H and O–H groups in total. The molecular weight excluding hydrogens is 286 g/mol. The molecule has 1 atom stereocenters. The minimum atomic E-state index is 0.0497. The highest BCUT2D eigenvalue weighted by Gasteiger charge is 2.23. The van der Waals surface area contributed by atoms with Gasteiger partial charge in [-0.05, 0) is 63.7 Å². The molecule has 1 amide bonds. The predicted octanol–water partition coefficient (Wildman–Crippen LogP) is 2.74. The molecule has 116 valence electrons. The first-order valence-electron chi connectivity index (χ1n) is 7.63. The van der Waals surface area contributed by atoms with Crippen LogP contribution in [0.2, 0.25) is 5.02 Å². The summed E-state index contributed by atoms with van der Waals surface area (Å²) in [6.07, 6.45) is 4.74. The Morgan fingerprint density at radius 3 is 2.81 bits per heavy atom. The van der Waals surface area contributed by atoms with E-state index in [1.165, 1.54) is 19.3 Å². The smallest absolute Gasteiger partial charge is 0.238 e. The monoisotopic (exact) mass is 309 g/mol. The van der Waals surface area contributed by atoms with Gasteiger partial charge in [-0.1, -0.05) is 18.0 Å². The first-order valence-corrected chi connectivity index (χ1v) is 8.01. The molecule has 2 rings (SSSR count). The normalized spacial score (nSPS) is 19.4. The van der Waals surface area contributed by atoms with Crippen LogP contribution < -0.4 is 10.6 Å². The Hall–Kier alpha value is -1.10. The number of nitrogens with one attached hydrogen (secondary N) is 2. The number of hydrogen-bond acceptors (Lipinski definition) is 3. The third-order valence-electron chi connectivity index (χ3n) is 3.95. The third-order valence-corrected chi connectivity index (χ3v) is 4.20. The molecule has 0 radical (unpaired) electrons. The lowest BCUT2D eigenvalue weighted by Gasteiger charge is -2.35. The van der Waals surface area contributed by atoms with Crippen molar-refractivity contribution in [3.8, 4) is 0 Å². The van der Waals surface area contributed by atoms with Crippen molar-refractivity contribution in [2.45, 2.75) is 31.7 Å². The van der Waals surface area contributed by atoms with Crippen molar-refractivity contribution in [1.29, 1.82) is 0 Å². The summed E-state index contributed by atoms with van der Waals surface area (Å²) in [6, 6.07) is 7.74. The van der Waals surface area contributed by atoms with Crippen LogP contribution in [0.3, 0.4) is 0 Å². The Bertz CT molecular complexity index is 449. The zero-order valence-electron chi connectivity index (χ0n) is 12.6. The first kappa shape index (κ1) is 16.3. The van der Waals surface area contributed by atoms with Gasteiger partial charge in [-0.2, -0.15) is 0 Å². The summed E-state index contributed by atoms with van der Waals surface area (Å²) in [5.74, 6) is 0.0497. The lowest BCUT2D eigenvalue weighted by molar-refractivity contribution is -0.118. The van der Waals surface area contributed by atoms with Gasteiger partial charge in [-0.25, -0.2) is 0 Å². The number of piperidine rings is 1. The number of amides is 1. The van der Waals surface area contributed by atoms with Gasteiger partial charge in [0.15, 0.2) is 0 Å². The Morgan fingerprint density at radius 1 is 1.33 bits per heavy atom. The molecule has 4 nitrogen and oxygen atoms in total. The molecule has 0 aromatic heterocycles. The van der Waals surface area contributed by atoms with E-state index in [9.17, 15) is 4.79 Å². The molecule has 1 aromatic carbocycles. The summed E-state index contributed by atoms with van der Waals surface area (Å²) in [6.45, 7) is 2.49. The van der Waals surface area contributed by atoms with Crippen molar-refractivity contribution in [3.63, 3.8) is 0 Å². The van der Waals surface area contributed by atoms with Crippen LogP contribution in [-0.4, -0.2) is 43.5 Å². The Balaban J connectivity index is 1.86. The van der Waals surface area contributed by atoms with Gasteiger partial charge in [-0.15, -0.1) is 0 Å². The van der Waals surface area contributed by atoms with E-state index in [1.54, 1.807) is 12.1 Å². The lowest BCUT2D eigenvalue weighted by Crippen LogP contribution is -2.44. The van der Waals surface area contributed by atoms with E-state index in [4.69, 9.17) is 11.6 Å². The highest BCUT2D eigenvalue weighted by Crippen LogP contribution is 2.19. The van der Waals surface area contributed by atoms with E-state index in [2.05, 4.69) is 15.5 Å². The summed E-state index contributed by atoms with van der Waals surface area (Å²) < 4.78 is 0. The molecule has 1 saturated heterocycles. The fourth-order valence-electron chi connectivity index (χ4n) is 2.82. The second-order valence-electron chi connectivity index (χ2n) is 5.57. The second-order valence-corrected chi connectivity index (χ2v) is 6.00. The highest BCUT2D eigenvalue weighted by atomic mass is 35.5. The van der Waals surface area contributed by atoms with Crippen LogP contribution in [0.4, 0.5) is 5.69 Å². The number of anilines is 1. The van der Waals surface area contributed by atoms with Gasteiger partial charge in [0.25, 0.3) is 0 Å². The summed E-state index contributed by atoms with van der Waals surface area (Å²) in [7, 11) is 1.97. The molecule has 1 aliphatic rings. The van der Waals surface area contributed by atoms with Crippen molar-refractivity contribution in [1.82, 2.24) is 10.2 Å². The van der Waals surface area contributed by atoms with Gasteiger partial charge >= 0.3 is 0 Å². The van der Waals surface area contributed by atoms with Crippen LogP contribution in [-0.2, 0) is 4.79 Å². The SMILES string of the molecule is CNCCC1CCCCN1CC(=O)Nc1ccc(Cl)cc1. The second kappa shape index (κ2) is 8.37. The predicted molar refractivity (Wildman–Crippen MR) is 87.8 cm³/mol. The molecule has 1 unspecified atom stereocenters. The Morgan fingerprint density at radius 2 is 2.10 bits per heavy atom. The average molecular weight is 310 g/mol. The third kappa shape index (κ3) is 5.30. The van der Waals surface area contributed by atoms with Gasteiger partial charge in [0, 0.05) is 16.8 Å². The van der Waals surface area contributed by atoms with E-state index < -0.39 is 0 Å². The minimum absolute atomic E-state index is 0.0497. The molecule has 0 bridgehead atoms. The van der Waals surface area contributed by atoms with Crippen LogP contribution in [0.25, 0.3) is 0 Å². The average Bonchev–Trinajstić information content (AvgIpc) is 2.49. The number of nitrogens with zero attached hydrogens (tertiary/aromatic N) is 1. The number of carbonyl (C=O) groups excluding carboxylic acids is 1. The van der Waals surface area contributed by atoms with Crippen LogP contribution in [0.15, 0.2) is 24.3 Å². The molecule has 1 aromatic rings. The largest absolute Gasteiger partial charge is 0.325 e. The van der Waals surface area contributed by atoms with Gasteiger partial charge in [0.1, 0.15) is 0 Å². The van der Waals surface area contributed by atoms with Gasteiger partial charge in [-0.3, -0.25) is 9.69 Å². The van der Waals surface area contributed by atoms with Crippen LogP contribution in [0, 0.1) is 0 Å². The van der Waals surface area contributed by atoms with Gasteiger partial charge in [0.05, 0.1) is 6.54 Å². The van der Waals surface area contributed by atoms with E-state index in [0.29, 0.717) is 17.6 Å². The maximum atomic E-state index is 12.2. The minimum Gasteiger partial charge on any atom is -0.325 e. The molecule has 0 spiro atoms. The van der Waals surface area contributed by atoms with Crippen LogP contribution >= 0.6 is 11.6 Å². The standard InChI is InChI=1S/C16H24ClN3O/c1-18-10-9-15-4-2-3-11-20(15)12-16(21)19-14-7-5-13(17)6-8-14/h5-8,15,18H,2-4,9-12H2,1H3,(H,19,21). The number of halogens is 1. The quantitative estimate of drug-likeness (QED) is 0.849. The topological polar surface area (TPSA) is 44.4 Å². The number of carbonyl (C=O) groups is 1. The summed E-state index contributed by atoms with van der Waals surface area (Å²) in [5.41, 5.74) is 0.799. The van der Waals surface area contributed by atoms with Gasteiger partial charge < -0.3 is 10.6 Å².